The average molecular weight is 486 g/mol. The van der Waals surface area contributed by atoms with Gasteiger partial charge in [0.2, 0.25) is 0 Å². The molecule has 4 N–H and O–H groups in total. The van der Waals surface area contributed by atoms with Crippen LogP contribution in [0.4, 0.5) is 14.9 Å². The number of anilines is 1. The normalized spacial score (nSPS) is 23.0. The third-order valence-corrected chi connectivity index (χ3v) is 6.81. The van der Waals surface area contributed by atoms with Crippen LogP contribution >= 0.6 is 11.6 Å². The minimum Gasteiger partial charge on any atom is -0.367 e. The molecule has 2 aromatic carbocycles. The van der Waals surface area contributed by atoms with E-state index in [1.807, 2.05) is 25.1 Å². The number of primary amides is 1. The summed E-state index contributed by atoms with van der Waals surface area (Å²) in [6.07, 6.45) is 2.97. The number of nitrogens with one attached hydrogen (secondary N) is 2. The zero-order valence-electron chi connectivity index (χ0n) is 19.3. The Labute approximate surface area is 203 Å². The number of likely N-dealkylation sites (N-methyl/N-ethyl adjacent to an activating group) is 1. The second kappa shape index (κ2) is 9.74. The number of hydrogen-bond acceptors (Lipinski definition) is 5. The molecule has 2 heterocycles. The zero-order chi connectivity index (χ0) is 24.5. The number of amides is 2. The number of nitrogens with two attached hydrogens (primary N) is 1. The molecule has 0 saturated carbocycles. The van der Waals surface area contributed by atoms with E-state index >= 15 is 0 Å². The number of fused-ring (bicyclic) bond motifs is 2. The van der Waals surface area contributed by atoms with Crippen molar-refractivity contribution in [2.75, 3.05) is 38.5 Å². The molecule has 2 unspecified atom stereocenters. The van der Waals surface area contributed by atoms with Crippen LogP contribution in [0.3, 0.4) is 0 Å². The van der Waals surface area contributed by atoms with Crippen LogP contribution in [-0.2, 0) is 11.2 Å². The highest BCUT2D eigenvalue weighted by atomic mass is 35.5. The number of aryl methyl sites for hydroxylation is 1. The third-order valence-electron chi connectivity index (χ3n) is 6.40. The van der Waals surface area contributed by atoms with Gasteiger partial charge in [-0.15, -0.1) is 0 Å². The van der Waals surface area contributed by atoms with Crippen molar-refractivity contribution in [1.82, 2.24) is 15.1 Å². The molecule has 2 aliphatic heterocycles. The SMILES string of the molecule is Cc1cc(/C(=C\C=O)N2CC3CN(C)CC(Cc4ccc(F)cc4)(C2)N3)c(NC(N)=O)cc1Cl. The van der Waals surface area contributed by atoms with Gasteiger partial charge in [0.1, 0.15) is 12.1 Å². The first-order valence-corrected chi connectivity index (χ1v) is 11.5. The lowest BCUT2D eigenvalue weighted by atomic mass is 9.83. The third kappa shape index (κ3) is 5.24. The second-order valence-electron chi connectivity index (χ2n) is 9.33. The van der Waals surface area contributed by atoms with Crippen LogP contribution in [0.1, 0.15) is 16.7 Å². The summed E-state index contributed by atoms with van der Waals surface area (Å²) in [6.45, 7) is 4.80. The lowest BCUT2D eigenvalue weighted by molar-refractivity contribution is -0.104. The summed E-state index contributed by atoms with van der Waals surface area (Å²) in [5, 5.41) is 6.94. The van der Waals surface area contributed by atoms with Crippen LogP contribution in [0.15, 0.2) is 42.5 Å². The van der Waals surface area contributed by atoms with Crippen molar-refractivity contribution in [3.05, 3.63) is 70.0 Å². The molecule has 2 amide bonds. The number of urea groups is 1. The fourth-order valence-electron chi connectivity index (χ4n) is 5.28. The first-order valence-electron chi connectivity index (χ1n) is 11.2. The summed E-state index contributed by atoms with van der Waals surface area (Å²) in [5.74, 6) is -0.262. The van der Waals surface area contributed by atoms with Crippen LogP contribution in [0, 0.1) is 12.7 Å². The van der Waals surface area contributed by atoms with Gasteiger partial charge in [-0.2, -0.15) is 0 Å². The smallest absolute Gasteiger partial charge is 0.316 e. The summed E-state index contributed by atoms with van der Waals surface area (Å²) in [7, 11) is 2.10. The van der Waals surface area contributed by atoms with Crippen molar-refractivity contribution in [2.24, 2.45) is 5.73 Å². The maximum Gasteiger partial charge on any atom is 0.316 e. The molecule has 2 bridgehead atoms. The minimum atomic E-state index is -0.710. The Hall–Kier alpha value is -2.94. The monoisotopic (exact) mass is 485 g/mol. The molecule has 0 aromatic heterocycles. The summed E-state index contributed by atoms with van der Waals surface area (Å²) in [4.78, 5) is 27.9. The van der Waals surface area contributed by atoms with E-state index in [2.05, 4.69) is 27.5 Å². The number of rotatable bonds is 6. The van der Waals surface area contributed by atoms with Gasteiger partial charge in [0.15, 0.2) is 0 Å². The summed E-state index contributed by atoms with van der Waals surface area (Å²) >= 11 is 6.32. The Kier molecular flexibility index (Phi) is 6.93. The number of piperazine rings is 2. The lowest BCUT2D eigenvalue weighted by Crippen LogP contribution is -2.74. The van der Waals surface area contributed by atoms with E-state index in [-0.39, 0.29) is 17.4 Å². The van der Waals surface area contributed by atoms with Gasteiger partial charge in [0.25, 0.3) is 0 Å². The molecular weight excluding hydrogens is 457 g/mol. The van der Waals surface area contributed by atoms with Crippen molar-refractivity contribution >= 4 is 35.3 Å². The zero-order valence-corrected chi connectivity index (χ0v) is 20.0. The Balaban J connectivity index is 1.73. The minimum absolute atomic E-state index is 0.156. The van der Waals surface area contributed by atoms with Crippen molar-refractivity contribution in [3.8, 4) is 0 Å². The number of allylic oxidation sites excluding steroid dienone is 1. The van der Waals surface area contributed by atoms with Gasteiger partial charge in [-0.05, 0) is 55.8 Å². The van der Waals surface area contributed by atoms with Gasteiger partial charge in [0, 0.05) is 54.6 Å². The molecule has 2 aromatic rings. The second-order valence-corrected chi connectivity index (χ2v) is 9.73. The van der Waals surface area contributed by atoms with E-state index in [9.17, 15) is 14.0 Å². The number of halogens is 2. The fraction of sp³-hybridized carbons (Fsp3) is 0.360. The van der Waals surface area contributed by atoms with E-state index in [0.29, 0.717) is 41.5 Å². The number of nitrogens with zero attached hydrogens (tertiary/aromatic N) is 2. The fourth-order valence-corrected chi connectivity index (χ4v) is 5.44. The van der Waals surface area contributed by atoms with Gasteiger partial charge < -0.3 is 26.2 Å². The van der Waals surface area contributed by atoms with Crippen LogP contribution in [-0.4, -0.2) is 66.9 Å². The molecule has 34 heavy (non-hydrogen) atoms. The molecular formula is C25H29ClFN5O2. The van der Waals surface area contributed by atoms with Crippen molar-refractivity contribution in [2.45, 2.75) is 24.9 Å². The first-order chi connectivity index (χ1) is 16.2. The summed E-state index contributed by atoms with van der Waals surface area (Å²) < 4.78 is 13.5. The molecule has 2 saturated heterocycles. The van der Waals surface area contributed by atoms with Crippen molar-refractivity contribution in [1.29, 1.82) is 0 Å². The maximum atomic E-state index is 13.5. The molecule has 0 radical (unpaired) electrons. The first kappa shape index (κ1) is 24.2. The lowest BCUT2D eigenvalue weighted by Gasteiger charge is -2.54. The Bertz CT molecular complexity index is 1120. The molecule has 0 spiro atoms. The predicted molar refractivity (Wildman–Crippen MR) is 132 cm³/mol. The van der Waals surface area contributed by atoms with Crippen molar-refractivity contribution in [3.63, 3.8) is 0 Å². The van der Waals surface area contributed by atoms with Crippen molar-refractivity contribution < 1.29 is 14.0 Å². The standard InChI is InChI=1S/C25H29ClFN5O2/c1-16-9-20(22(10-21(16)26)29-24(28)34)23(7-8-33)32-13-19-12-31(2)14-25(15-32,30-19)11-17-3-5-18(27)6-4-17/h3-10,19,30H,11-15H2,1-2H3,(H3,28,29,34)/b23-7+. The molecule has 2 fully saturated rings. The van der Waals surface area contributed by atoms with Gasteiger partial charge in [0.05, 0.1) is 11.2 Å². The summed E-state index contributed by atoms with van der Waals surface area (Å²) in [6, 6.07) is 9.54. The highest BCUT2D eigenvalue weighted by Crippen LogP contribution is 2.35. The molecule has 180 valence electrons. The topological polar surface area (TPSA) is 90.7 Å². The van der Waals surface area contributed by atoms with E-state index in [1.165, 1.54) is 18.2 Å². The number of aldehydes is 1. The number of carbonyl (C=O) groups is 2. The van der Waals surface area contributed by atoms with Crippen LogP contribution < -0.4 is 16.4 Å². The van der Waals surface area contributed by atoms with E-state index in [0.717, 1.165) is 30.5 Å². The molecule has 2 atom stereocenters. The molecule has 4 rings (SSSR count). The highest BCUT2D eigenvalue weighted by Gasteiger charge is 2.44. The molecule has 9 heteroatoms. The van der Waals surface area contributed by atoms with Gasteiger partial charge in [-0.1, -0.05) is 23.7 Å². The molecule has 0 aliphatic carbocycles. The number of hydrogen-bond donors (Lipinski definition) is 3. The predicted octanol–water partition coefficient (Wildman–Crippen LogP) is 3.02. The van der Waals surface area contributed by atoms with E-state index in [4.69, 9.17) is 17.3 Å². The van der Waals surface area contributed by atoms with E-state index in [1.54, 1.807) is 6.07 Å². The number of benzene rings is 2. The van der Waals surface area contributed by atoms with Crippen LogP contribution in [0.5, 0.6) is 0 Å². The van der Waals surface area contributed by atoms with Gasteiger partial charge >= 0.3 is 6.03 Å². The Morgan fingerprint density at radius 1 is 1.29 bits per heavy atom. The molecule has 7 nitrogen and oxygen atoms in total. The number of carbonyl (C=O) groups excluding carboxylic acids is 2. The quantitative estimate of drug-likeness (QED) is 0.432. The summed E-state index contributed by atoms with van der Waals surface area (Å²) in [5.41, 5.74) is 8.76. The van der Waals surface area contributed by atoms with Gasteiger partial charge in [-0.3, -0.25) is 4.79 Å². The van der Waals surface area contributed by atoms with Crippen LogP contribution in [0.2, 0.25) is 5.02 Å². The van der Waals surface area contributed by atoms with Crippen LogP contribution in [0.25, 0.3) is 5.70 Å². The Morgan fingerprint density at radius 2 is 2.03 bits per heavy atom. The largest absolute Gasteiger partial charge is 0.367 e. The maximum absolute atomic E-state index is 13.5. The van der Waals surface area contributed by atoms with E-state index < -0.39 is 6.03 Å². The molecule has 2 aliphatic rings. The Morgan fingerprint density at radius 3 is 2.71 bits per heavy atom. The van der Waals surface area contributed by atoms with Gasteiger partial charge in [-0.25, -0.2) is 9.18 Å². The highest BCUT2D eigenvalue weighted by molar-refractivity contribution is 6.31. The average Bonchev–Trinajstić information content (AvgIpc) is 2.75.